The van der Waals surface area contributed by atoms with Gasteiger partial charge in [0.15, 0.2) is 0 Å². The van der Waals surface area contributed by atoms with E-state index >= 15 is 0 Å². The monoisotopic (exact) mass is 378 g/mol. The highest BCUT2D eigenvalue weighted by molar-refractivity contribution is 9.11. The minimum atomic E-state index is 0.806. The van der Waals surface area contributed by atoms with Crippen molar-refractivity contribution in [2.45, 2.75) is 0 Å². The zero-order valence-corrected chi connectivity index (χ0v) is 11.7. The first-order valence-electron chi connectivity index (χ1n) is 3.84. The normalized spacial score (nSPS) is 10.5. The third-order valence-electron chi connectivity index (χ3n) is 1.72. The van der Waals surface area contributed by atoms with E-state index in [9.17, 15) is 0 Å². The molecule has 0 fully saturated rings. The number of rotatable bonds is 1. The van der Waals surface area contributed by atoms with Crippen LogP contribution in [-0.4, -0.2) is 9.78 Å². The molecular weight excluding hydrogens is 376 g/mol. The average Bonchev–Trinajstić information content (AvgIpc) is 2.46. The first kappa shape index (κ1) is 10.4. The predicted octanol–water partition coefficient (Wildman–Crippen LogP) is 4.16. The van der Waals surface area contributed by atoms with Gasteiger partial charge >= 0.3 is 0 Å². The zero-order chi connectivity index (χ0) is 10.1. The van der Waals surface area contributed by atoms with E-state index in [0.29, 0.717) is 0 Å². The summed E-state index contributed by atoms with van der Waals surface area (Å²) in [6.45, 7) is 0. The summed E-state index contributed by atoms with van der Waals surface area (Å²) in [6, 6.07) is 9.83. The molecule has 0 saturated carbocycles. The SMILES string of the molecule is Brc1cc(Br)n(-c2ccccc2Br)n1. The van der Waals surface area contributed by atoms with Gasteiger partial charge < -0.3 is 0 Å². The molecule has 5 heteroatoms. The van der Waals surface area contributed by atoms with E-state index in [4.69, 9.17) is 0 Å². The molecule has 2 rings (SSSR count). The Balaban J connectivity index is 2.60. The van der Waals surface area contributed by atoms with Gasteiger partial charge in [0.2, 0.25) is 0 Å². The van der Waals surface area contributed by atoms with E-state index in [1.807, 2.05) is 35.0 Å². The standard InChI is InChI=1S/C9H5Br3N2/c10-6-3-1-2-4-7(6)14-9(12)5-8(11)13-14/h1-5H. The van der Waals surface area contributed by atoms with Gasteiger partial charge in [0, 0.05) is 10.5 Å². The van der Waals surface area contributed by atoms with Crippen LogP contribution >= 0.6 is 47.8 Å². The first-order chi connectivity index (χ1) is 6.68. The number of benzene rings is 1. The van der Waals surface area contributed by atoms with Crippen LogP contribution in [-0.2, 0) is 0 Å². The Hall–Kier alpha value is -0.130. The van der Waals surface area contributed by atoms with Crippen LogP contribution in [0.25, 0.3) is 5.69 Å². The van der Waals surface area contributed by atoms with Crippen molar-refractivity contribution < 1.29 is 0 Å². The lowest BCUT2D eigenvalue weighted by Gasteiger charge is -2.04. The number of aromatic nitrogens is 2. The molecule has 2 nitrogen and oxygen atoms in total. The molecule has 0 aliphatic carbocycles. The highest BCUT2D eigenvalue weighted by Crippen LogP contribution is 2.25. The summed E-state index contributed by atoms with van der Waals surface area (Å²) < 4.78 is 4.54. The average molecular weight is 381 g/mol. The molecule has 1 aromatic carbocycles. The van der Waals surface area contributed by atoms with Gasteiger partial charge in [0.1, 0.15) is 9.21 Å². The van der Waals surface area contributed by atoms with Crippen LogP contribution in [0.3, 0.4) is 0 Å². The molecule has 0 aliphatic rings. The van der Waals surface area contributed by atoms with Gasteiger partial charge in [-0.25, -0.2) is 4.68 Å². The lowest BCUT2D eigenvalue weighted by atomic mass is 10.3. The summed E-state index contributed by atoms with van der Waals surface area (Å²) >= 11 is 10.2. The highest BCUT2D eigenvalue weighted by atomic mass is 79.9. The van der Waals surface area contributed by atoms with E-state index < -0.39 is 0 Å². The third kappa shape index (κ3) is 1.94. The van der Waals surface area contributed by atoms with Crippen molar-refractivity contribution >= 4 is 47.8 Å². The van der Waals surface area contributed by atoms with E-state index in [0.717, 1.165) is 19.4 Å². The Bertz CT molecular complexity index is 465. The molecule has 2 aromatic rings. The Morgan fingerprint density at radius 1 is 1.07 bits per heavy atom. The Kier molecular flexibility index (Phi) is 3.09. The van der Waals surface area contributed by atoms with Crippen molar-refractivity contribution in [1.29, 1.82) is 0 Å². The largest absolute Gasteiger partial charge is 0.224 e. The van der Waals surface area contributed by atoms with Crippen LogP contribution < -0.4 is 0 Å². The van der Waals surface area contributed by atoms with Crippen LogP contribution in [0.2, 0.25) is 0 Å². The Morgan fingerprint density at radius 3 is 2.36 bits per heavy atom. The fourth-order valence-corrected chi connectivity index (χ4v) is 2.75. The predicted molar refractivity (Wildman–Crippen MR) is 66.7 cm³/mol. The van der Waals surface area contributed by atoms with Gasteiger partial charge in [0.05, 0.1) is 5.69 Å². The van der Waals surface area contributed by atoms with Crippen molar-refractivity contribution in [3.8, 4) is 5.69 Å². The number of halogens is 3. The van der Waals surface area contributed by atoms with Gasteiger partial charge in [-0.15, -0.1) is 0 Å². The summed E-state index contributed by atoms with van der Waals surface area (Å²) in [5.74, 6) is 0. The second kappa shape index (κ2) is 4.16. The zero-order valence-electron chi connectivity index (χ0n) is 6.92. The van der Waals surface area contributed by atoms with Crippen molar-refractivity contribution in [3.05, 3.63) is 44.0 Å². The summed E-state index contributed by atoms with van der Waals surface area (Å²) in [6.07, 6.45) is 0. The molecule has 0 N–H and O–H groups in total. The van der Waals surface area contributed by atoms with Crippen LogP contribution in [0.15, 0.2) is 44.0 Å². The summed E-state index contributed by atoms with van der Waals surface area (Å²) in [5.41, 5.74) is 1.00. The van der Waals surface area contributed by atoms with Gasteiger partial charge in [-0.3, -0.25) is 0 Å². The molecule has 0 unspecified atom stereocenters. The molecule has 72 valence electrons. The number of hydrogen-bond donors (Lipinski definition) is 0. The molecular formula is C9H5Br3N2. The molecule has 0 amide bonds. The van der Waals surface area contributed by atoms with Gasteiger partial charge in [0.25, 0.3) is 0 Å². The minimum Gasteiger partial charge on any atom is -0.224 e. The van der Waals surface area contributed by atoms with Gasteiger partial charge in [-0.1, -0.05) is 12.1 Å². The number of nitrogens with zero attached hydrogens (tertiary/aromatic N) is 2. The van der Waals surface area contributed by atoms with Crippen molar-refractivity contribution in [3.63, 3.8) is 0 Å². The third-order valence-corrected chi connectivity index (χ3v) is 3.34. The van der Waals surface area contributed by atoms with Crippen LogP contribution in [0.1, 0.15) is 0 Å². The first-order valence-corrected chi connectivity index (χ1v) is 6.22. The fourth-order valence-electron chi connectivity index (χ4n) is 1.12. The lowest BCUT2D eigenvalue weighted by molar-refractivity contribution is 0.848. The second-order valence-corrected chi connectivity index (χ2v) is 5.13. The molecule has 1 aromatic heterocycles. The fraction of sp³-hybridized carbons (Fsp3) is 0. The summed E-state index contributed by atoms with van der Waals surface area (Å²) in [5, 5.41) is 4.30. The Morgan fingerprint density at radius 2 is 1.79 bits per heavy atom. The maximum atomic E-state index is 4.30. The van der Waals surface area contributed by atoms with Crippen LogP contribution in [0.4, 0.5) is 0 Å². The molecule has 0 saturated heterocycles. The van der Waals surface area contributed by atoms with Crippen LogP contribution in [0.5, 0.6) is 0 Å². The van der Waals surface area contributed by atoms with E-state index in [1.165, 1.54) is 0 Å². The molecule has 1 heterocycles. The van der Waals surface area contributed by atoms with Crippen molar-refractivity contribution in [1.82, 2.24) is 9.78 Å². The molecule has 0 bridgehead atoms. The summed E-state index contributed by atoms with van der Waals surface area (Å²) in [7, 11) is 0. The van der Waals surface area contributed by atoms with Crippen molar-refractivity contribution in [2.24, 2.45) is 0 Å². The topological polar surface area (TPSA) is 17.8 Å². The highest BCUT2D eigenvalue weighted by Gasteiger charge is 2.07. The maximum absolute atomic E-state index is 4.30. The van der Waals surface area contributed by atoms with Crippen molar-refractivity contribution in [2.75, 3.05) is 0 Å². The lowest BCUT2D eigenvalue weighted by Crippen LogP contribution is -1.97. The smallest absolute Gasteiger partial charge is 0.129 e. The summed E-state index contributed by atoms with van der Waals surface area (Å²) in [4.78, 5) is 0. The molecule has 0 aliphatic heterocycles. The number of para-hydroxylation sites is 1. The second-order valence-electron chi connectivity index (χ2n) is 2.65. The molecule has 0 radical (unpaired) electrons. The molecule has 14 heavy (non-hydrogen) atoms. The van der Waals surface area contributed by atoms with E-state index in [-0.39, 0.29) is 0 Å². The number of hydrogen-bond acceptors (Lipinski definition) is 1. The van der Waals surface area contributed by atoms with Crippen LogP contribution in [0, 0.1) is 0 Å². The van der Waals surface area contributed by atoms with Gasteiger partial charge in [-0.05, 0) is 59.9 Å². The quantitative estimate of drug-likeness (QED) is 0.726. The van der Waals surface area contributed by atoms with Gasteiger partial charge in [-0.2, -0.15) is 5.10 Å². The minimum absolute atomic E-state index is 0.806. The van der Waals surface area contributed by atoms with E-state index in [2.05, 4.69) is 52.9 Å². The van der Waals surface area contributed by atoms with E-state index in [1.54, 1.807) is 0 Å². The molecule has 0 spiro atoms. The maximum Gasteiger partial charge on any atom is 0.129 e. The molecule has 0 atom stereocenters. The Labute approximate surface area is 107 Å².